The highest BCUT2D eigenvalue weighted by atomic mass is 32.2. The summed E-state index contributed by atoms with van der Waals surface area (Å²) >= 11 is 0. The van der Waals surface area contributed by atoms with Gasteiger partial charge in [0, 0.05) is 0 Å². The predicted molar refractivity (Wildman–Crippen MR) is 42.7 cm³/mol. The Hall–Kier alpha value is -1.03. The highest BCUT2D eigenvalue weighted by Gasteiger charge is 2.08. The van der Waals surface area contributed by atoms with E-state index in [1.807, 2.05) is 5.92 Å². The molecule has 0 aliphatic rings. The molecular formula is C6H9NO4S. The standard InChI is InChI=1S/C6H9NO4S/c1-3-5-10-7-12(8,9)11-6-4-2/h2-3,5,7H,6H2,1H3. The molecule has 0 fully saturated rings. The molecule has 0 heterocycles. The lowest BCUT2D eigenvalue weighted by molar-refractivity contribution is 0.180. The molecule has 0 amide bonds. The first-order chi connectivity index (χ1) is 5.62. The molecule has 1 N–H and O–H groups in total. The number of allylic oxidation sites excluding steroid dienone is 1. The molecule has 0 saturated carbocycles. The molecule has 12 heavy (non-hydrogen) atoms. The Labute approximate surface area is 71.6 Å². The summed E-state index contributed by atoms with van der Waals surface area (Å²) in [6, 6.07) is 0. The van der Waals surface area contributed by atoms with Gasteiger partial charge in [-0.1, -0.05) is 12.0 Å². The van der Waals surface area contributed by atoms with Crippen LogP contribution in [0.1, 0.15) is 6.92 Å². The van der Waals surface area contributed by atoms with Gasteiger partial charge in [-0.15, -0.1) is 6.42 Å². The summed E-state index contributed by atoms with van der Waals surface area (Å²) < 4.78 is 25.5. The predicted octanol–water partition coefficient (Wildman–Crippen LogP) is -0.0642. The van der Waals surface area contributed by atoms with Gasteiger partial charge >= 0.3 is 10.3 Å². The SMILES string of the molecule is C#CCOS(=O)(=O)NOC=CC. The molecule has 6 heteroatoms. The first-order valence-corrected chi connectivity index (χ1v) is 4.39. The van der Waals surface area contributed by atoms with Gasteiger partial charge in [0.15, 0.2) is 0 Å². The van der Waals surface area contributed by atoms with Crippen molar-refractivity contribution in [3.8, 4) is 12.3 Å². The molecule has 0 aromatic heterocycles. The van der Waals surface area contributed by atoms with Crippen LogP contribution in [0.25, 0.3) is 0 Å². The van der Waals surface area contributed by atoms with E-state index in [2.05, 4.69) is 9.02 Å². The van der Waals surface area contributed by atoms with Crippen molar-refractivity contribution in [3.05, 3.63) is 12.3 Å². The van der Waals surface area contributed by atoms with E-state index in [4.69, 9.17) is 6.42 Å². The highest BCUT2D eigenvalue weighted by molar-refractivity contribution is 7.84. The van der Waals surface area contributed by atoms with Gasteiger partial charge in [0.05, 0.1) is 0 Å². The Bertz CT molecular complexity index is 274. The lowest BCUT2D eigenvalue weighted by atomic mass is 10.7. The zero-order valence-electron chi connectivity index (χ0n) is 6.48. The van der Waals surface area contributed by atoms with E-state index in [0.29, 0.717) is 0 Å². The third kappa shape index (κ3) is 5.73. The van der Waals surface area contributed by atoms with E-state index < -0.39 is 10.3 Å². The molecular weight excluding hydrogens is 182 g/mol. The van der Waals surface area contributed by atoms with E-state index in [9.17, 15) is 8.42 Å². The first kappa shape index (κ1) is 11.0. The zero-order chi connectivity index (χ0) is 9.45. The number of rotatable bonds is 5. The summed E-state index contributed by atoms with van der Waals surface area (Å²) in [5.41, 5.74) is 0. The van der Waals surface area contributed by atoms with Crippen molar-refractivity contribution in [3.63, 3.8) is 0 Å². The molecule has 0 spiro atoms. The van der Waals surface area contributed by atoms with E-state index in [1.54, 1.807) is 11.8 Å². The van der Waals surface area contributed by atoms with Gasteiger partial charge < -0.3 is 4.84 Å². The van der Waals surface area contributed by atoms with Crippen molar-refractivity contribution in [2.45, 2.75) is 6.92 Å². The fourth-order valence-electron chi connectivity index (χ4n) is 0.290. The number of terminal acetylenes is 1. The van der Waals surface area contributed by atoms with Crippen LogP contribution in [0.5, 0.6) is 0 Å². The van der Waals surface area contributed by atoms with Crippen molar-refractivity contribution in [2.24, 2.45) is 0 Å². The summed E-state index contributed by atoms with van der Waals surface area (Å²) in [7, 11) is -3.88. The quantitative estimate of drug-likeness (QED) is 0.375. The molecule has 0 radical (unpaired) electrons. The van der Waals surface area contributed by atoms with E-state index in [1.165, 1.54) is 6.08 Å². The van der Waals surface area contributed by atoms with E-state index >= 15 is 0 Å². The van der Waals surface area contributed by atoms with Crippen LogP contribution in [0.15, 0.2) is 12.3 Å². The molecule has 0 unspecified atom stereocenters. The zero-order valence-corrected chi connectivity index (χ0v) is 7.30. The summed E-state index contributed by atoms with van der Waals surface area (Å²) in [5, 5.41) is 0. The van der Waals surface area contributed by atoms with Gasteiger partial charge in [0.25, 0.3) is 0 Å². The molecule has 68 valence electrons. The lowest BCUT2D eigenvalue weighted by Crippen LogP contribution is -2.24. The molecule has 0 bridgehead atoms. The Balaban J connectivity index is 3.82. The van der Waals surface area contributed by atoms with Crippen molar-refractivity contribution in [1.29, 1.82) is 0 Å². The minimum Gasteiger partial charge on any atom is -0.400 e. The van der Waals surface area contributed by atoms with Gasteiger partial charge in [-0.3, -0.25) is 0 Å². The Morgan fingerprint density at radius 3 is 2.83 bits per heavy atom. The van der Waals surface area contributed by atoms with Gasteiger partial charge in [-0.05, 0) is 11.8 Å². The van der Waals surface area contributed by atoms with Crippen LogP contribution in [0.4, 0.5) is 0 Å². The van der Waals surface area contributed by atoms with E-state index in [0.717, 1.165) is 6.26 Å². The molecule has 0 aromatic carbocycles. The number of hydrogen-bond donors (Lipinski definition) is 1. The highest BCUT2D eigenvalue weighted by Crippen LogP contribution is 1.86. The van der Waals surface area contributed by atoms with Crippen LogP contribution < -0.4 is 4.89 Å². The number of hydrogen-bond acceptors (Lipinski definition) is 4. The second-order valence-corrected chi connectivity index (χ2v) is 2.90. The molecule has 0 aliphatic carbocycles. The Morgan fingerprint density at radius 2 is 2.33 bits per heavy atom. The topological polar surface area (TPSA) is 64.6 Å². The average Bonchev–Trinajstić information content (AvgIpc) is 2.01. The Kier molecular flexibility index (Phi) is 5.12. The smallest absolute Gasteiger partial charge is 0.368 e. The second-order valence-electron chi connectivity index (χ2n) is 1.59. The summed E-state index contributed by atoms with van der Waals surface area (Å²) in [6.07, 6.45) is 7.42. The summed E-state index contributed by atoms with van der Waals surface area (Å²) in [6.45, 7) is 1.34. The lowest BCUT2D eigenvalue weighted by Gasteiger charge is -2.01. The van der Waals surface area contributed by atoms with E-state index in [-0.39, 0.29) is 6.61 Å². The molecule has 0 atom stereocenters. The Morgan fingerprint density at radius 1 is 1.67 bits per heavy atom. The van der Waals surface area contributed by atoms with Crippen LogP contribution in [0.3, 0.4) is 0 Å². The monoisotopic (exact) mass is 191 g/mol. The fraction of sp³-hybridized carbons (Fsp3) is 0.333. The van der Waals surface area contributed by atoms with Crippen molar-refractivity contribution in [1.82, 2.24) is 4.89 Å². The fourth-order valence-corrected chi connectivity index (χ4v) is 0.735. The third-order valence-corrected chi connectivity index (χ3v) is 1.38. The van der Waals surface area contributed by atoms with Crippen LogP contribution >= 0.6 is 0 Å². The van der Waals surface area contributed by atoms with Crippen LogP contribution in [-0.2, 0) is 19.3 Å². The van der Waals surface area contributed by atoms with Gasteiger partial charge in [-0.25, -0.2) is 4.18 Å². The maximum absolute atomic E-state index is 10.7. The molecule has 0 rings (SSSR count). The average molecular weight is 191 g/mol. The molecule has 0 aromatic rings. The minimum absolute atomic E-state index is 0.325. The van der Waals surface area contributed by atoms with Crippen molar-refractivity contribution in [2.75, 3.05) is 6.61 Å². The third-order valence-electron chi connectivity index (χ3n) is 0.652. The number of nitrogens with one attached hydrogen (secondary N) is 1. The van der Waals surface area contributed by atoms with Gasteiger partial charge in [0.2, 0.25) is 0 Å². The molecule has 5 nitrogen and oxygen atoms in total. The minimum atomic E-state index is -3.88. The summed E-state index contributed by atoms with van der Waals surface area (Å²) in [4.78, 5) is 5.99. The second kappa shape index (κ2) is 5.60. The first-order valence-electron chi connectivity index (χ1n) is 2.99. The van der Waals surface area contributed by atoms with Crippen LogP contribution in [0.2, 0.25) is 0 Å². The molecule has 0 aliphatic heterocycles. The van der Waals surface area contributed by atoms with Gasteiger partial charge in [-0.2, -0.15) is 8.42 Å². The molecule has 0 saturated heterocycles. The normalized spacial score (nSPS) is 11.3. The largest absolute Gasteiger partial charge is 0.400 e. The maximum atomic E-state index is 10.7. The van der Waals surface area contributed by atoms with Crippen LogP contribution in [0, 0.1) is 12.3 Å². The van der Waals surface area contributed by atoms with Crippen molar-refractivity contribution >= 4 is 10.3 Å². The van der Waals surface area contributed by atoms with Crippen LogP contribution in [-0.4, -0.2) is 15.0 Å². The summed E-state index contributed by atoms with van der Waals surface area (Å²) in [5.74, 6) is 2.00. The van der Waals surface area contributed by atoms with Crippen molar-refractivity contribution < 1.29 is 17.4 Å². The van der Waals surface area contributed by atoms with Gasteiger partial charge in [0.1, 0.15) is 12.9 Å². The maximum Gasteiger partial charge on any atom is 0.368 e.